The predicted octanol–water partition coefficient (Wildman–Crippen LogP) is 4.17. The molecule has 0 radical (unpaired) electrons. The molecule has 1 N–H and O–H groups in total. The zero-order chi connectivity index (χ0) is 13.2. The molecular formula is C15H22BrNO. The topological polar surface area (TPSA) is 23.5 Å². The van der Waals surface area contributed by atoms with Crippen molar-refractivity contribution < 1.29 is 5.11 Å². The highest BCUT2D eigenvalue weighted by atomic mass is 79.9. The van der Waals surface area contributed by atoms with Gasteiger partial charge < -0.3 is 5.11 Å². The third kappa shape index (κ3) is 3.27. The van der Waals surface area contributed by atoms with Gasteiger partial charge in [-0.25, -0.2) is 0 Å². The fraction of sp³-hybridized carbons (Fsp3) is 0.600. The molecule has 1 aromatic rings. The highest BCUT2D eigenvalue weighted by Crippen LogP contribution is 2.35. The third-order valence-electron chi connectivity index (χ3n) is 4.35. The van der Waals surface area contributed by atoms with Gasteiger partial charge in [-0.2, -0.15) is 0 Å². The molecule has 0 aromatic heterocycles. The number of hydrogen-bond acceptors (Lipinski definition) is 2. The fourth-order valence-corrected chi connectivity index (χ4v) is 2.93. The van der Waals surface area contributed by atoms with Crippen molar-refractivity contribution in [3.05, 3.63) is 28.2 Å². The number of likely N-dealkylation sites (tertiary alicyclic amines) is 1. The molecule has 2 rings (SSSR count). The molecule has 18 heavy (non-hydrogen) atoms. The molecule has 0 unspecified atom stereocenters. The Balaban J connectivity index is 1.97. The molecule has 0 amide bonds. The van der Waals surface area contributed by atoms with Crippen molar-refractivity contribution >= 4 is 15.9 Å². The fourth-order valence-electron chi connectivity index (χ4n) is 2.53. The van der Waals surface area contributed by atoms with Crippen LogP contribution in [0, 0.1) is 5.41 Å². The third-order valence-corrected chi connectivity index (χ3v) is 4.85. The Morgan fingerprint density at radius 3 is 2.61 bits per heavy atom. The molecule has 1 saturated heterocycles. The highest BCUT2D eigenvalue weighted by molar-refractivity contribution is 9.10. The maximum absolute atomic E-state index is 9.87. The van der Waals surface area contributed by atoms with E-state index < -0.39 is 0 Å². The number of piperidine rings is 1. The van der Waals surface area contributed by atoms with Gasteiger partial charge in [-0.05, 0) is 49.5 Å². The molecule has 1 fully saturated rings. The molecule has 1 aliphatic rings. The molecule has 0 aliphatic carbocycles. The Morgan fingerprint density at radius 1 is 1.33 bits per heavy atom. The zero-order valence-corrected chi connectivity index (χ0v) is 12.8. The van der Waals surface area contributed by atoms with Crippen LogP contribution in [0.15, 0.2) is 22.7 Å². The SMILES string of the molecule is CCC1(C)CCN(Cc2cc(Br)ccc2O)CC1. The largest absolute Gasteiger partial charge is 0.508 e. The lowest BCUT2D eigenvalue weighted by Gasteiger charge is -2.39. The van der Waals surface area contributed by atoms with E-state index in [2.05, 4.69) is 34.7 Å². The van der Waals surface area contributed by atoms with E-state index in [1.165, 1.54) is 19.3 Å². The van der Waals surface area contributed by atoms with Crippen LogP contribution in [-0.4, -0.2) is 23.1 Å². The van der Waals surface area contributed by atoms with Gasteiger partial charge in [0.25, 0.3) is 0 Å². The van der Waals surface area contributed by atoms with Gasteiger partial charge >= 0.3 is 0 Å². The Kier molecular flexibility index (Phi) is 4.33. The normalized spacial score (nSPS) is 19.9. The maximum atomic E-state index is 9.87. The van der Waals surface area contributed by atoms with Crippen LogP contribution in [0.1, 0.15) is 38.7 Å². The summed E-state index contributed by atoms with van der Waals surface area (Å²) in [6.07, 6.45) is 3.79. The molecule has 0 atom stereocenters. The molecule has 3 heteroatoms. The van der Waals surface area contributed by atoms with E-state index in [1.54, 1.807) is 6.07 Å². The molecule has 1 aliphatic heterocycles. The Hall–Kier alpha value is -0.540. The summed E-state index contributed by atoms with van der Waals surface area (Å²) < 4.78 is 1.03. The maximum Gasteiger partial charge on any atom is 0.120 e. The number of aromatic hydroxyl groups is 1. The first kappa shape index (κ1) is 13.9. The second kappa shape index (κ2) is 5.62. The summed E-state index contributed by atoms with van der Waals surface area (Å²) in [5, 5.41) is 9.87. The van der Waals surface area contributed by atoms with E-state index in [0.717, 1.165) is 29.7 Å². The van der Waals surface area contributed by atoms with Crippen molar-refractivity contribution in [1.29, 1.82) is 0 Å². The predicted molar refractivity (Wildman–Crippen MR) is 78.7 cm³/mol. The zero-order valence-electron chi connectivity index (χ0n) is 11.2. The van der Waals surface area contributed by atoms with Crippen LogP contribution >= 0.6 is 15.9 Å². The summed E-state index contributed by atoms with van der Waals surface area (Å²) in [4.78, 5) is 2.44. The van der Waals surface area contributed by atoms with Gasteiger partial charge in [-0.1, -0.05) is 36.2 Å². The number of phenolic OH excluding ortho intramolecular Hbond substituents is 1. The average molecular weight is 312 g/mol. The molecule has 0 spiro atoms. The Labute approximate surface area is 118 Å². The van der Waals surface area contributed by atoms with Crippen LogP contribution in [0.5, 0.6) is 5.75 Å². The summed E-state index contributed by atoms with van der Waals surface area (Å²) in [5.74, 6) is 0.405. The average Bonchev–Trinajstić information content (AvgIpc) is 2.37. The summed E-state index contributed by atoms with van der Waals surface area (Å²) in [7, 11) is 0. The lowest BCUT2D eigenvalue weighted by atomic mass is 9.78. The van der Waals surface area contributed by atoms with Crippen LogP contribution in [0.4, 0.5) is 0 Å². The first-order valence-electron chi connectivity index (χ1n) is 6.72. The second-order valence-electron chi connectivity index (χ2n) is 5.71. The quantitative estimate of drug-likeness (QED) is 0.905. The Morgan fingerprint density at radius 2 is 2.00 bits per heavy atom. The lowest BCUT2D eigenvalue weighted by molar-refractivity contribution is 0.109. The van der Waals surface area contributed by atoms with Crippen molar-refractivity contribution in [1.82, 2.24) is 4.90 Å². The van der Waals surface area contributed by atoms with Gasteiger partial charge in [0.2, 0.25) is 0 Å². The molecule has 100 valence electrons. The number of rotatable bonds is 3. The van der Waals surface area contributed by atoms with E-state index in [9.17, 15) is 5.11 Å². The van der Waals surface area contributed by atoms with E-state index in [-0.39, 0.29) is 0 Å². The van der Waals surface area contributed by atoms with Crippen molar-refractivity contribution in [3.8, 4) is 5.75 Å². The summed E-state index contributed by atoms with van der Waals surface area (Å²) >= 11 is 3.46. The smallest absolute Gasteiger partial charge is 0.120 e. The lowest BCUT2D eigenvalue weighted by Crippen LogP contribution is -2.37. The van der Waals surface area contributed by atoms with Crippen molar-refractivity contribution in [3.63, 3.8) is 0 Å². The number of phenols is 1. The Bertz CT molecular complexity index is 411. The first-order chi connectivity index (χ1) is 8.52. The molecule has 1 heterocycles. The number of benzene rings is 1. The number of halogens is 1. The van der Waals surface area contributed by atoms with E-state index in [0.29, 0.717) is 11.2 Å². The minimum Gasteiger partial charge on any atom is -0.508 e. The summed E-state index contributed by atoms with van der Waals surface area (Å²) in [5.41, 5.74) is 1.54. The minimum atomic E-state index is 0.405. The van der Waals surface area contributed by atoms with Gasteiger partial charge in [-0.3, -0.25) is 4.90 Å². The van der Waals surface area contributed by atoms with Gasteiger partial charge in [-0.15, -0.1) is 0 Å². The van der Waals surface area contributed by atoms with Crippen LogP contribution in [0.2, 0.25) is 0 Å². The summed E-state index contributed by atoms with van der Waals surface area (Å²) in [6.45, 7) is 7.80. The molecule has 0 saturated carbocycles. The number of hydrogen-bond donors (Lipinski definition) is 1. The van der Waals surface area contributed by atoms with E-state index in [1.807, 2.05) is 12.1 Å². The molecule has 1 aromatic carbocycles. The van der Waals surface area contributed by atoms with Crippen molar-refractivity contribution in [2.45, 2.75) is 39.7 Å². The standard InChI is InChI=1S/C15H22BrNO/c1-3-15(2)6-8-17(9-7-15)11-12-10-13(16)4-5-14(12)18/h4-5,10,18H,3,6-9,11H2,1-2H3. The van der Waals surface area contributed by atoms with Crippen LogP contribution in [0.3, 0.4) is 0 Å². The van der Waals surface area contributed by atoms with Gasteiger partial charge in [0.15, 0.2) is 0 Å². The summed E-state index contributed by atoms with van der Waals surface area (Å²) in [6, 6.07) is 5.66. The van der Waals surface area contributed by atoms with Gasteiger partial charge in [0.1, 0.15) is 5.75 Å². The molecular weight excluding hydrogens is 290 g/mol. The minimum absolute atomic E-state index is 0.405. The van der Waals surface area contributed by atoms with Gasteiger partial charge in [0, 0.05) is 16.6 Å². The van der Waals surface area contributed by atoms with Crippen molar-refractivity contribution in [2.24, 2.45) is 5.41 Å². The van der Waals surface area contributed by atoms with Crippen LogP contribution in [0.25, 0.3) is 0 Å². The molecule has 2 nitrogen and oxygen atoms in total. The monoisotopic (exact) mass is 311 g/mol. The molecule has 0 bridgehead atoms. The first-order valence-corrected chi connectivity index (χ1v) is 7.51. The van der Waals surface area contributed by atoms with Crippen LogP contribution in [-0.2, 0) is 6.54 Å². The van der Waals surface area contributed by atoms with Crippen LogP contribution < -0.4 is 0 Å². The van der Waals surface area contributed by atoms with Crippen molar-refractivity contribution in [2.75, 3.05) is 13.1 Å². The number of nitrogens with zero attached hydrogens (tertiary/aromatic N) is 1. The second-order valence-corrected chi connectivity index (χ2v) is 6.63. The van der Waals surface area contributed by atoms with E-state index >= 15 is 0 Å². The van der Waals surface area contributed by atoms with Gasteiger partial charge in [0.05, 0.1) is 0 Å². The van der Waals surface area contributed by atoms with E-state index in [4.69, 9.17) is 0 Å². The highest BCUT2D eigenvalue weighted by Gasteiger charge is 2.28.